The molecule has 4 rings (SSSR count). The van der Waals surface area contributed by atoms with Crippen LogP contribution in [0.15, 0.2) is 48.8 Å². The molecule has 0 fully saturated rings. The maximum atomic E-state index is 14.1. The van der Waals surface area contributed by atoms with E-state index in [2.05, 4.69) is 5.10 Å². The van der Waals surface area contributed by atoms with Gasteiger partial charge in [0.15, 0.2) is 11.5 Å². The minimum absolute atomic E-state index is 0.0514. The standard InChI is InChI=1S/C28H32ClN3O7/c1-28(2,16-33)15-32-21-9-8-18(29)12-20(21)24(19-6-5-7-22(37-3)25(19)38-4)39-23(26(32)34)10-11-31-14-17(13-30-31)27(35)36/h5-9,12-14,23-24,33H,10-11,15-16H2,1-4H3,(H,35,36)/t23-,24-/m1/s1. The number of fused-ring (bicyclic) bond motifs is 1. The second-order valence-electron chi connectivity index (χ2n) is 10.1. The van der Waals surface area contributed by atoms with Crippen LogP contribution < -0.4 is 14.4 Å². The van der Waals surface area contributed by atoms with Crippen molar-refractivity contribution in [3.05, 3.63) is 70.5 Å². The SMILES string of the molecule is COc1cccc([C@H]2O[C@H](CCn3cc(C(=O)O)cn3)C(=O)N(CC(C)(C)CO)c3ccc(Cl)cc32)c1OC. The molecule has 39 heavy (non-hydrogen) atoms. The zero-order valence-corrected chi connectivity index (χ0v) is 23.0. The fraction of sp³-hybridized carbons (Fsp3) is 0.393. The molecule has 3 aromatic rings. The summed E-state index contributed by atoms with van der Waals surface area (Å²) in [5.41, 5.74) is 1.36. The highest BCUT2D eigenvalue weighted by molar-refractivity contribution is 6.30. The van der Waals surface area contributed by atoms with Crippen molar-refractivity contribution in [3.63, 3.8) is 0 Å². The van der Waals surface area contributed by atoms with Crippen LogP contribution in [0.3, 0.4) is 0 Å². The van der Waals surface area contributed by atoms with Gasteiger partial charge < -0.3 is 29.3 Å². The number of aliphatic hydroxyl groups excluding tert-OH is 1. The summed E-state index contributed by atoms with van der Waals surface area (Å²) in [7, 11) is 3.08. The number of anilines is 1. The predicted octanol–water partition coefficient (Wildman–Crippen LogP) is 4.18. The summed E-state index contributed by atoms with van der Waals surface area (Å²) in [6.45, 7) is 4.07. The monoisotopic (exact) mass is 557 g/mol. The smallest absolute Gasteiger partial charge is 0.338 e. The summed E-state index contributed by atoms with van der Waals surface area (Å²) in [6.07, 6.45) is 1.18. The van der Waals surface area contributed by atoms with Gasteiger partial charge in [0.05, 0.1) is 26.0 Å². The van der Waals surface area contributed by atoms with Crippen molar-refractivity contribution in [1.29, 1.82) is 0 Å². The lowest BCUT2D eigenvalue weighted by molar-refractivity contribution is -0.133. The van der Waals surface area contributed by atoms with Crippen LogP contribution in [0, 0.1) is 5.41 Å². The molecule has 2 N–H and O–H groups in total. The van der Waals surface area contributed by atoms with Crippen molar-refractivity contribution < 1.29 is 34.0 Å². The van der Waals surface area contributed by atoms with E-state index in [9.17, 15) is 19.8 Å². The van der Waals surface area contributed by atoms with Gasteiger partial charge in [-0.1, -0.05) is 37.6 Å². The summed E-state index contributed by atoms with van der Waals surface area (Å²) in [4.78, 5) is 27.0. The van der Waals surface area contributed by atoms with Crippen molar-refractivity contribution >= 4 is 29.2 Å². The number of aryl methyl sites for hydroxylation is 1. The second kappa shape index (κ2) is 11.6. The largest absolute Gasteiger partial charge is 0.493 e. The third-order valence-electron chi connectivity index (χ3n) is 6.64. The molecule has 0 radical (unpaired) electrons. The molecule has 208 valence electrons. The molecule has 11 heteroatoms. The van der Waals surface area contributed by atoms with Gasteiger partial charge in [-0.05, 0) is 24.3 Å². The summed E-state index contributed by atoms with van der Waals surface area (Å²) < 4.78 is 19.3. The Balaban J connectivity index is 1.83. The van der Waals surface area contributed by atoms with E-state index < -0.39 is 23.6 Å². The molecule has 0 spiro atoms. The molecule has 2 atom stereocenters. The average Bonchev–Trinajstić information content (AvgIpc) is 3.37. The number of carboxylic acid groups (broad SMARTS) is 1. The molecule has 2 heterocycles. The number of hydrogen-bond donors (Lipinski definition) is 2. The zero-order valence-electron chi connectivity index (χ0n) is 22.3. The van der Waals surface area contributed by atoms with E-state index >= 15 is 0 Å². The van der Waals surface area contributed by atoms with Crippen LogP contribution in [-0.4, -0.2) is 65.3 Å². The molecule has 1 aliphatic heterocycles. The predicted molar refractivity (Wildman–Crippen MR) is 145 cm³/mol. The highest BCUT2D eigenvalue weighted by atomic mass is 35.5. The Morgan fingerprint density at radius 2 is 1.95 bits per heavy atom. The second-order valence-corrected chi connectivity index (χ2v) is 10.6. The molecule has 1 amide bonds. The van der Waals surface area contributed by atoms with Crippen molar-refractivity contribution in [2.24, 2.45) is 5.41 Å². The van der Waals surface area contributed by atoms with E-state index in [1.54, 1.807) is 36.3 Å². The Morgan fingerprint density at radius 3 is 2.59 bits per heavy atom. The first-order valence-electron chi connectivity index (χ1n) is 12.4. The van der Waals surface area contributed by atoms with E-state index in [-0.39, 0.29) is 37.6 Å². The van der Waals surface area contributed by atoms with Gasteiger partial charge in [0, 0.05) is 59.6 Å². The maximum Gasteiger partial charge on any atom is 0.338 e. The van der Waals surface area contributed by atoms with Gasteiger partial charge in [-0.2, -0.15) is 5.10 Å². The fourth-order valence-corrected chi connectivity index (χ4v) is 4.79. The Hall–Kier alpha value is -3.60. The maximum absolute atomic E-state index is 14.1. The molecule has 0 aliphatic carbocycles. The molecule has 1 aromatic heterocycles. The van der Waals surface area contributed by atoms with Gasteiger partial charge in [0.2, 0.25) is 0 Å². The normalized spacial score (nSPS) is 17.5. The zero-order chi connectivity index (χ0) is 28.3. The van der Waals surface area contributed by atoms with Crippen LogP contribution in [0.1, 0.15) is 47.9 Å². The third kappa shape index (κ3) is 6.03. The van der Waals surface area contributed by atoms with Gasteiger partial charge in [-0.3, -0.25) is 9.48 Å². The van der Waals surface area contributed by atoms with Crippen LogP contribution in [0.4, 0.5) is 5.69 Å². The lowest BCUT2D eigenvalue weighted by Gasteiger charge is -2.32. The molecular weight excluding hydrogens is 526 g/mol. The van der Waals surface area contributed by atoms with E-state index in [4.69, 9.17) is 25.8 Å². The number of amides is 1. The summed E-state index contributed by atoms with van der Waals surface area (Å²) in [5, 5.41) is 23.8. The molecule has 0 saturated heterocycles. The summed E-state index contributed by atoms with van der Waals surface area (Å²) in [5.74, 6) is -0.414. The molecule has 10 nitrogen and oxygen atoms in total. The first kappa shape index (κ1) is 28.4. The Morgan fingerprint density at radius 1 is 1.18 bits per heavy atom. The van der Waals surface area contributed by atoms with Gasteiger partial charge in [0.25, 0.3) is 5.91 Å². The summed E-state index contributed by atoms with van der Waals surface area (Å²) >= 11 is 6.45. The number of carboxylic acids is 1. The van der Waals surface area contributed by atoms with Crippen molar-refractivity contribution in [2.75, 3.05) is 32.3 Å². The third-order valence-corrected chi connectivity index (χ3v) is 6.87. The van der Waals surface area contributed by atoms with Gasteiger partial charge in [-0.15, -0.1) is 0 Å². The van der Waals surface area contributed by atoms with Crippen molar-refractivity contribution in [2.45, 2.75) is 39.0 Å². The number of aromatic nitrogens is 2. The van der Waals surface area contributed by atoms with Crippen LogP contribution in [0.25, 0.3) is 0 Å². The van der Waals surface area contributed by atoms with Crippen LogP contribution in [-0.2, 0) is 16.1 Å². The first-order valence-corrected chi connectivity index (χ1v) is 12.8. The minimum atomic E-state index is -1.09. The number of aromatic carboxylic acids is 1. The van der Waals surface area contributed by atoms with E-state index in [0.29, 0.717) is 33.3 Å². The number of hydrogen-bond acceptors (Lipinski definition) is 7. The summed E-state index contributed by atoms with van der Waals surface area (Å²) in [6, 6.07) is 10.7. The lowest BCUT2D eigenvalue weighted by atomic mass is 9.92. The Labute approximate surface area is 231 Å². The van der Waals surface area contributed by atoms with Gasteiger partial charge in [-0.25, -0.2) is 4.79 Å². The molecule has 0 bridgehead atoms. The topological polar surface area (TPSA) is 123 Å². The number of para-hydroxylation sites is 1. The number of benzene rings is 2. The van der Waals surface area contributed by atoms with E-state index in [0.717, 1.165) is 0 Å². The number of rotatable bonds is 10. The minimum Gasteiger partial charge on any atom is -0.493 e. The molecule has 2 aromatic carbocycles. The lowest BCUT2D eigenvalue weighted by Crippen LogP contribution is -2.45. The van der Waals surface area contributed by atoms with Crippen LogP contribution >= 0.6 is 11.6 Å². The number of methoxy groups -OCH3 is 2. The number of nitrogens with zero attached hydrogens (tertiary/aromatic N) is 3. The van der Waals surface area contributed by atoms with Gasteiger partial charge in [0.1, 0.15) is 12.2 Å². The van der Waals surface area contributed by atoms with Gasteiger partial charge >= 0.3 is 5.97 Å². The highest BCUT2D eigenvalue weighted by Gasteiger charge is 2.39. The van der Waals surface area contributed by atoms with Crippen molar-refractivity contribution in [1.82, 2.24) is 9.78 Å². The van der Waals surface area contributed by atoms with E-state index in [1.165, 1.54) is 24.2 Å². The van der Waals surface area contributed by atoms with E-state index in [1.807, 2.05) is 26.0 Å². The van der Waals surface area contributed by atoms with Crippen LogP contribution in [0.2, 0.25) is 5.02 Å². The Kier molecular flexibility index (Phi) is 8.48. The number of ether oxygens (including phenoxy) is 3. The first-order chi connectivity index (χ1) is 18.6. The highest BCUT2D eigenvalue weighted by Crippen LogP contribution is 2.45. The Bertz CT molecular complexity index is 1360. The number of carbonyl (C=O) groups excluding carboxylic acids is 1. The fourth-order valence-electron chi connectivity index (χ4n) is 4.61. The average molecular weight is 558 g/mol. The molecule has 0 saturated carbocycles. The number of halogens is 1. The molecule has 1 aliphatic rings. The number of aliphatic hydroxyl groups is 1. The quantitative estimate of drug-likeness (QED) is 0.380. The van der Waals surface area contributed by atoms with Crippen molar-refractivity contribution in [3.8, 4) is 11.5 Å². The van der Waals surface area contributed by atoms with Crippen LogP contribution in [0.5, 0.6) is 11.5 Å². The molecular formula is C28H32ClN3O7. The molecule has 0 unspecified atom stereocenters. The number of carbonyl (C=O) groups is 2.